The summed E-state index contributed by atoms with van der Waals surface area (Å²) in [4.78, 5) is 11.2. The van der Waals surface area contributed by atoms with Crippen molar-refractivity contribution >= 4 is 5.97 Å². The SMILES string of the molecule is C=C(C(=O)O)[C@H]1CC[C@H]2C(=CC[C@H]3C(C)(C)[C@H](O)CC[C@]23C)C1. The standard InChI is InChI=1S/C20H30O3/c1-12(18(22)23)13-5-7-15-14(11-13)6-8-16-19(2,3)17(21)9-10-20(15,16)4/h6,13,15-17,21H,1,5,7-11H2,2-4H3,(H,22,23)/t13-,15-,16-,17+,20+/m0/s1. The molecule has 0 amide bonds. The van der Waals surface area contributed by atoms with Gasteiger partial charge >= 0.3 is 5.97 Å². The predicted octanol–water partition coefficient (Wildman–Crippen LogP) is 4.18. The number of carboxylic acids is 1. The lowest BCUT2D eigenvalue weighted by Crippen LogP contribution is -2.54. The molecule has 2 N–H and O–H groups in total. The zero-order valence-corrected chi connectivity index (χ0v) is 14.6. The number of carbonyl (C=O) groups is 1. The molecule has 2 saturated carbocycles. The number of rotatable bonds is 2. The number of aliphatic hydroxyl groups excluding tert-OH is 1. The Bertz CT molecular complexity index is 559. The van der Waals surface area contributed by atoms with E-state index in [9.17, 15) is 15.0 Å². The molecule has 0 saturated heterocycles. The zero-order chi connectivity index (χ0) is 17.0. The minimum Gasteiger partial charge on any atom is -0.478 e. The Morgan fingerprint density at radius 2 is 1.96 bits per heavy atom. The van der Waals surface area contributed by atoms with E-state index >= 15 is 0 Å². The normalized spacial score (nSPS) is 42.2. The number of carboxylic acid groups (broad SMARTS) is 1. The molecule has 5 atom stereocenters. The molecule has 3 aliphatic rings. The van der Waals surface area contributed by atoms with Gasteiger partial charge in [0, 0.05) is 5.57 Å². The van der Waals surface area contributed by atoms with E-state index < -0.39 is 5.97 Å². The van der Waals surface area contributed by atoms with Gasteiger partial charge in [-0.05, 0) is 67.1 Å². The van der Waals surface area contributed by atoms with Crippen molar-refractivity contribution in [2.75, 3.05) is 0 Å². The van der Waals surface area contributed by atoms with Gasteiger partial charge in [-0.3, -0.25) is 0 Å². The van der Waals surface area contributed by atoms with Gasteiger partial charge in [0.2, 0.25) is 0 Å². The summed E-state index contributed by atoms with van der Waals surface area (Å²) < 4.78 is 0. The monoisotopic (exact) mass is 318 g/mol. The molecule has 0 aromatic heterocycles. The van der Waals surface area contributed by atoms with Gasteiger partial charge in [0.1, 0.15) is 0 Å². The van der Waals surface area contributed by atoms with Crippen molar-refractivity contribution in [2.45, 2.75) is 65.4 Å². The number of aliphatic hydroxyl groups is 1. The van der Waals surface area contributed by atoms with E-state index in [1.54, 1.807) is 0 Å². The molecular formula is C20H30O3. The number of aliphatic carboxylic acids is 1. The second kappa shape index (κ2) is 5.47. The van der Waals surface area contributed by atoms with Gasteiger partial charge in [-0.2, -0.15) is 0 Å². The van der Waals surface area contributed by atoms with Gasteiger partial charge in [-0.15, -0.1) is 0 Å². The summed E-state index contributed by atoms with van der Waals surface area (Å²) in [6.07, 6.45) is 7.97. The highest BCUT2D eigenvalue weighted by Gasteiger charge is 2.56. The minimum atomic E-state index is -0.851. The quantitative estimate of drug-likeness (QED) is 0.593. The Hall–Kier alpha value is -1.09. The highest BCUT2D eigenvalue weighted by atomic mass is 16.4. The van der Waals surface area contributed by atoms with E-state index in [4.69, 9.17) is 0 Å². The molecule has 2 fully saturated rings. The summed E-state index contributed by atoms with van der Waals surface area (Å²) in [5.41, 5.74) is 2.02. The van der Waals surface area contributed by atoms with Crippen LogP contribution in [0.2, 0.25) is 0 Å². The molecule has 0 spiro atoms. The molecule has 3 heteroatoms. The van der Waals surface area contributed by atoms with Crippen molar-refractivity contribution in [3.8, 4) is 0 Å². The number of fused-ring (bicyclic) bond motifs is 3. The Balaban J connectivity index is 1.87. The minimum absolute atomic E-state index is 0.0451. The molecular weight excluding hydrogens is 288 g/mol. The lowest BCUT2D eigenvalue weighted by atomic mass is 9.46. The van der Waals surface area contributed by atoms with E-state index in [1.807, 2.05) is 0 Å². The van der Waals surface area contributed by atoms with Crippen LogP contribution >= 0.6 is 0 Å². The molecule has 0 aromatic carbocycles. The van der Waals surface area contributed by atoms with Crippen LogP contribution in [0.15, 0.2) is 23.8 Å². The summed E-state index contributed by atoms with van der Waals surface area (Å²) in [6, 6.07) is 0. The molecule has 3 aliphatic carbocycles. The van der Waals surface area contributed by atoms with E-state index in [-0.39, 0.29) is 22.9 Å². The second-order valence-electron chi connectivity index (χ2n) is 8.81. The summed E-state index contributed by atoms with van der Waals surface area (Å²) in [6.45, 7) is 10.6. The van der Waals surface area contributed by atoms with E-state index in [0.29, 0.717) is 17.4 Å². The van der Waals surface area contributed by atoms with Crippen molar-refractivity contribution < 1.29 is 15.0 Å². The smallest absolute Gasteiger partial charge is 0.331 e. The van der Waals surface area contributed by atoms with Crippen molar-refractivity contribution in [1.29, 1.82) is 0 Å². The van der Waals surface area contributed by atoms with Crippen LogP contribution in [0.4, 0.5) is 0 Å². The highest BCUT2D eigenvalue weighted by Crippen LogP contribution is 2.62. The molecule has 0 radical (unpaired) electrons. The van der Waals surface area contributed by atoms with Crippen LogP contribution < -0.4 is 0 Å². The third kappa shape index (κ3) is 2.48. The fourth-order valence-electron chi connectivity index (χ4n) is 5.87. The average molecular weight is 318 g/mol. The number of hydrogen-bond donors (Lipinski definition) is 2. The topological polar surface area (TPSA) is 57.5 Å². The van der Waals surface area contributed by atoms with Crippen molar-refractivity contribution in [3.63, 3.8) is 0 Å². The van der Waals surface area contributed by atoms with Crippen molar-refractivity contribution in [2.24, 2.45) is 28.6 Å². The summed E-state index contributed by atoms with van der Waals surface area (Å²) >= 11 is 0. The molecule has 0 unspecified atom stereocenters. The Morgan fingerprint density at radius 3 is 2.61 bits per heavy atom. The first-order valence-electron chi connectivity index (χ1n) is 8.97. The van der Waals surface area contributed by atoms with Crippen molar-refractivity contribution in [1.82, 2.24) is 0 Å². The number of hydrogen-bond acceptors (Lipinski definition) is 2. The molecule has 0 aromatic rings. The summed E-state index contributed by atoms with van der Waals surface area (Å²) in [5, 5.41) is 19.7. The largest absolute Gasteiger partial charge is 0.478 e. The maximum Gasteiger partial charge on any atom is 0.331 e. The lowest BCUT2D eigenvalue weighted by Gasteiger charge is -2.59. The molecule has 3 rings (SSSR count). The van der Waals surface area contributed by atoms with Crippen LogP contribution in [0.3, 0.4) is 0 Å². The summed E-state index contributed by atoms with van der Waals surface area (Å²) in [7, 11) is 0. The van der Waals surface area contributed by atoms with Gasteiger partial charge in [-0.25, -0.2) is 4.79 Å². The van der Waals surface area contributed by atoms with Crippen LogP contribution in [0.25, 0.3) is 0 Å². The second-order valence-corrected chi connectivity index (χ2v) is 8.81. The van der Waals surface area contributed by atoms with Crippen LogP contribution in [0, 0.1) is 28.6 Å². The Labute approximate surface area is 139 Å². The van der Waals surface area contributed by atoms with Crippen LogP contribution in [0.5, 0.6) is 0 Å². The highest BCUT2D eigenvalue weighted by molar-refractivity contribution is 5.86. The van der Waals surface area contributed by atoms with Gasteiger partial charge in [0.15, 0.2) is 0 Å². The molecule has 3 nitrogen and oxygen atoms in total. The molecule has 0 bridgehead atoms. The van der Waals surface area contributed by atoms with Gasteiger partial charge < -0.3 is 10.2 Å². The van der Waals surface area contributed by atoms with Gasteiger partial charge in [0.05, 0.1) is 6.10 Å². The maximum atomic E-state index is 11.2. The lowest BCUT2D eigenvalue weighted by molar-refractivity contribution is -0.133. The Kier molecular flexibility index (Phi) is 3.99. The third-order valence-electron chi connectivity index (χ3n) is 7.42. The van der Waals surface area contributed by atoms with Crippen molar-refractivity contribution in [3.05, 3.63) is 23.8 Å². The first kappa shape index (κ1) is 16.8. The number of allylic oxidation sites excluding steroid dienone is 2. The molecule has 128 valence electrons. The van der Waals surface area contributed by atoms with Crippen LogP contribution in [0.1, 0.15) is 59.3 Å². The van der Waals surface area contributed by atoms with Crippen LogP contribution in [-0.2, 0) is 4.79 Å². The first-order valence-corrected chi connectivity index (χ1v) is 8.97. The van der Waals surface area contributed by atoms with Crippen LogP contribution in [-0.4, -0.2) is 22.3 Å². The summed E-state index contributed by atoms with van der Waals surface area (Å²) in [5.74, 6) is 0.297. The maximum absolute atomic E-state index is 11.2. The Morgan fingerprint density at radius 1 is 1.26 bits per heavy atom. The van der Waals surface area contributed by atoms with Gasteiger partial charge in [0.25, 0.3) is 0 Å². The molecule has 23 heavy (non-hydrogen) atoms. The zero-order valence-electron chi connectivity index (χ0n) is 14.6. The fourth-order valence-corrected chi connectivity index (χ4v) is 5.87. The van der Waals surface area contributed by atoms with E-state index in [2.05, 4.69) is 33.4 Å². The van der Waals surface area contributed by atoms with Gasteiger partial charge in [-0.1, -0.05) is 39.0 Å². The molecule has 0 heterocycles. The predicted molar refractivity (Wildman–Crippen MR) is 90.9 cm³/mol. The van der Waals surface area contributed by atoms with E-state index in [1.165, 1.54) is 5.57 Å². The first-order chi connectivity index (χ1) is 10.7. The van der Waals surface area contributed by atoms with E-state index in [0.717, 1.165) is 38.5 Å². The molecule has 0 aliphatic heterocycles. The third-order valence-corrected chi connectivity index (χ3v) is 7.42. The fraction of sp³-hybridized carbons (Fsp3) is 0.750. The average Bonchev–Trinajstić information content (AvgIpc) is 2.50.